The van der Waals surface area contributed by atoms with Crippen molar-refractivity contribution >= 4 is 0 Å². The molecular formula is C14H17FO. The summed E-state index contributed by atoms with van der Waals surface area (Å²) in [5.41, 5.74) is 0.486. The Balaban J connectivity index is 1.83. The third-order valence-electron chi connectivity index (χ3n) is 4.42. The summed E-state index contributed by atoms with van der Waals surface area (Å²) < 4.78 is 13.6. The fourth-order valence-electron chi connectivity index (χ4n) is 3.63. The van der Waals surface area contributed by atoms with Gasteiger partial charge in [-0.05, 0) is 43.1 Å². The van der Waals surface area contributed by atoms with Crippen molar-refractivity contribution in [1.82, 2.24) is 0 Å². The predicted molar refractivity (Wildman–Crippen MR) is 60.3 cm³/mol. The van der Waals surface area contributed by atoms with Crippen molar-refractivity contribution in [2.75, 3.05) is 0 Å². The molecule has 0 aliphatic heterocycles. The predicted octanol–water partition coefficient (Wildman–Crippen LogP) is 3.30. The van der Waals surface area contributed by atoms with Crippen LogP contribution in [0.1, 0.15) is 37.4 Å². The highest BCUT2D eigenvalue weighted by Gasteiger charge is 2.43. The minimum atomic E-state index is -0.600. The lowest BCUT2D eigenvalue weighted by atomic mass is 9.82. The minimum Gasteiger partial charge on any atom is -0.388 e. The van der Waals surface area contributed by atoms with E-state index in [-0.39, 0.29) is 11.7 Å². The second-order valence-corrected chi connectivity index (χ2v) is 5.31. The van der Waals surface area contributed by atoms with Crippen LogP contribution < -0.4 is 0 Å². The summed E-state index contributed by atoms with van der Waals surface area (Å²) in [5, 5.41) is 10.3. The van der Waals surface area contributed by atoms with E-state index >= 15 is 0 Å². The third kappa shape index (κ3) is 1.56. The van der Waals surface area contributed by atoms with Crippen molar-refractivity contribution in [3.63, 3.8) is 0 Å². The lowest BCUT2D eigenvalue weighted by Crippen LogP contribution is -2.19. The van der Waals surface area contributed by atoms with Crippen molar-refractivity contribution in [1.29, 1.82) is 0 Å². The monoisotopic (exact) mass is 220 g/mol. The molecule has 1 nitrogen and oxygen atoms in total. The Bertz CT molecular complexity index is 390. The molecule has 16 heavy (non-hydrogen) atoms. The van der Waals surface area contributed by atoms with Gasteiger partial charge in [0, 0.05) is 5.56 Å². The summed E-state index contributed by atoms with van der Waals surface area (Å²) in [6, 6.07) is 6.62. The van der Waals surface area contributed by atoms with Gasteiger partial charge >= 0.3 is 0 Å². The number of halogens is 1. The number of benzene rings is 1. The van der Waals surface area contributed by atoms with E-state index < -0.39 is 6.10 Å². The lowest BCUT2D eigenvalue weighted by Gasteiger charge is -2.27. The van der Waals surface area contributed by atoms with Gasteiger partial charge in [-0.15, -0.1) is 0 Å². The molecule has 2 bridgehead atoms. The number of rotatable bonds is 2. The maximum absolute atomic E-state index is 13.6. The molecular weight excluding hydrogens is 203 g/mol. The minimum absolute atomic E-state index is 0.266. The number of aliphatic hydroxyl groups is 1. The SMILES string of the molecule is OC(c1ccccc1F)C1CC2CCC1C2. The molecule has 1 aromatic rings. The average Bonchev–Trinajstić information content (AvgIpc) is 2.90. The van der Waals surface area contributed by atoms with Crippen molar-refractivity contribution in [2.45, 2.75) is 31.8 Å². The smallest absolute Gasteiger partial charge is 0.129 e. The van der Waals surface area contributed by atoms with Crippen molar-refractivity contribution in [2.24, 2.45) is 17.8 Å². The van der Waals surface area contributed by atoms with Crippen LogP contribution in [0.3, 0.4) is 0 Å². The Morgan fingerprint density at radius 2 is 2.00 bits per heavy atom. The molecule has 4 atom stereocenters. The van der Waals surface area contributed by atoms with Crippen molar-refractivity contribution in [3.05, 3.63) is 35.6 Å². The molecule has 0 amide bonds. The molecule has 86 valence electrons. The summed E-state index contributed by atoms with van der Waals surface area (Å²) in [4.78, 5) is 0. The number of hydrogen-bond acceptors (Lipinski definition) is 1. The van der Waals surface area contributed by atoms with E-state index in [1.54, 1.807) is 18.2 Å². The molecule has 3 rings (SSSR count). The highest BCUT2D eigenvalue weighted by atomic mass is 19.1. The van der Waals surface area contributed by atoms with Gasteiger partial charge in [-0.1, -0.05) is 24.6 Å². The molecule has 0 heterocycles. The lowest BCUT2D eigenvalue weighted by molar-refractivity contribution is 0.0715. The molecule has 0 aromatic heterocycles. The number of fused-ring (bicyclic) bond motifs is 2. The van der Waals surface area contributed by atoms with Crippen LogP contribution in [0.25, 0.3) is 0 Å². The number of hydrogen-bond donors (Lipinski definition) is 1. The topological polar surface area (TPSA) is 20.2 Å². The molecule has 1 aromatic carbocycles. The van der Waals surface area contributed by atoms with Gasteiger partial charge in [0.2, 0.25) is 0 Å². The fraction of sp³-hybridized carbons (Fsp3) is 0.571. The first kappa shape index (κ1) is 10.3. The summed E-state index contributed by atoms with van der Waals surface area (Å²) in [5.74, 6) is 1.43. The van der Waals surface area contributed by atoms with E-state index in [4.69, 9.17) is 0 Å². The maximum atomic E-state index is 13.6. The standard InChI is InChI=1S/C14H17FO/c15-13-4-2-1-3-11(13)14(16)12-8-9-5-6-10(12)7-9/h1-4,9-10,12,14,16H,5-8H2. The van der Waals surface area contributed by atoms with Crippen LogP contribution in [0.2, 0.25) is 0 Å². The van der Waals surface area contributed by atoms with Gasteiger partial charge in [-0.25, -0.2) is 4.39 Å². The van der Waals surface area contributed by atoms with E-state index in [0.717, 1.165) is 12.3 Å². The Morgan fingerprint density at radius 3 is 2.62 bits per heavy atom. The van der Waals surface area contributed by atoms with Crippen LogP contribution in [0.4, 0.5) is 4.39 Å². The van der Waals surface area contributed by atoms with Crippen LogP contribution in [0, 0.1) is 23.6 Å². The van der Waals surface area contributed by atoms with Gasteiger partial charge in [0.1, 0.15) is 5.82 Å². The Labute approximate surface area is 95.3 Å². The van der Waals surface area contributed by atoms with E-state index in [2.05, 4.69) is 0 Å². The second kappa shape index (κ2) is 3.85. The third-order valence-corrected chi connectivity index (χ3v) is 4.42. The van der Waals surface area contributed by atoms with Crippen LogP contribution in [0.5, 0.6) is 0 Å². The molecule has 1 N–H and O–H groups in total. The van der Waals surface area contributed by atoms with Crippen LogP contribution >= 0.6 is 0 Å². The van der Waals surface area contributed by atoms with Crippen LogP contribution in [-0.2, 0) is 0 Å². The van der Waals surface area contributed by atoms with Crippen LogP contribution in [0.15, 0.2) is 24.3 Å². The molecule has 0 radical (unpaired) electrons. The first-order chi connectivity index (χ1) is 7.75. The average molecular weight is 220 g/mol. The van der Waals surface area contributed by atoms with Crippen molar-refractivity contribution in [3.8, 4) is 0 Å². The quantitative estimate of drug-likeness (QED) is 0.810. The van der Waals surface area contributed by atoms with Gasteiger partial charge < -0.3 is 5.11 Å². The second-order valence-electron chi connectivity index (χ2n) is 5.31. The summed E-state index contributed by atoms with van der Waals surface area (Å²) in [7, 11) is 0. The molecule has 2 aliphatic carbocycles. The van der Waals surface area contributed by atoms with Gasteiger partial charge in [-0.3, -0.25) is 0 Å². The molecule has 2 fully saturated rings. The maximum Gasteiger partial charge on any atom is 0.129 e. The van der Waals surface area contributed by atoms with Gasteiger partial charge in [0.15, 0.2) is 0 Å². The Hall–Kier alpha value is -0.890. The first-order valence-corrected chi connectivity index (χ1v) is 6.18. The molecule has 0 spiro atoms. The molecule has 4 unspecified atom stereocenters. The van der Waals surface area contributed by atoms with Gasteiger partial charge in [-0.2, -0.15) is 0 Å². The van der Waals surface area contributed by atoms with Crippen LogP contribution in [-0.4, -0.2) is 5.11 Å². The highest BCUT2D eigenvalue weighted by molar-refractivity contribution is 5.21. The Morgan fingerprint density at radius 1 is 1.19 bits per heavy atom. The van der Waals surface area contributed by atoms with Crippen molar-refractivity contribution < 1.29 is 9.50 Å². The Kier molecular flexibility index (Phi) is 2.47. The number of aliphatic hydroxyl groups excluding tert-OH is 1. The largest absolute Gasteiger partial charge is 0.388 e. The first-order valence-electron chi connectivity index (χ1n) is 6.18. The normalized spacial score (nSPS) is 34.2. The zero-order valence-corrected chi connectivity index (χ0v) is 9.27. The molecule has 2 aliphatic rings. The highest BCUT2D eigenvalue weighted by Crippen LogP contribution is 2.52. The zero-order valence-electron chi connectivity index (χ0n) is 9.27. The fourth-order valence-corrected chi connectivity index (χ4v) is 3.63. The molecule has 0 saturated heterocycles. The molecule has 2 heteroatoms. The van der Waals surface area contributed by atoms with Gasteiger partial charge in [0.05, 0.1) is 6.10 Å². The summed E-state index contributed by atoms with van der Waals surface area (Å²) in [6.45, 7) is 0. The van der Waals surface area contributed by atoms with E-state index in [1.165, 1.54) is 25.3 Å². The summed E-state index contributed by atoms with van der Waals surface area (Å²) in [6.07, 6.45) is 4.26. The van der Waals surface area contributed by atoms with E-state index in [9.17, 15) is 9.50 Å². The van der Waals surface area contributed by atoms with E-state index in [0.29, 0.717) is 11.5 Å². The van der Waals surface area contributed by atoms with E-state index in [1.807, 2.05) is 0 Å². The zero-order chi connectivity index (χ0) is 11.1. The van der Waals surface area contributed by atoms with Gasteiger partial charge in [0.25, 0.3) is 0 Å². The summed E-state index contributed by atoms with van der Waals surface area (Å²) >= 11 is 0. The molecule has 2 saturated carbocycles.